The number of sulfonamides is 1. The fourth-order valence-corrected chi connectivity index (χ4v) is 4.62. The number of urea groups is 1. The van der Waals surface area contributed by atoms with E-state index >= 15 is 0 Å². The third-order valence-electron chi connectivity index (χ3n) is 4.70. The quantitative estimate of drug-likeness (QED) is 0.274. The molecule has 0 aliphatic heterocycles. The van der Waals surface area contributed by atoms with Crippen molar-refractivity contribution in [2.45, 2.75) is 22.8 Å². The van der Waals surface area contributed by atoms with Gasteiger partial charge in [-0.1, -0.05) is 53.7 Å². The molecule has 11 heteroatoms. The van der Waals surface area contributed by atoms with Crippen molar-refractivity contribution in [3.8, 4) is 0 Å². The van der Waals surface area contributed by atoms with Crippen LogP contribution in [0, 0.1) is 6.92 Å². The van der Waals surface area contributed by atoms with Crippen LogP contribution in [0.25, 0.3) is 11.1 Å². The van der Waals surface area contributed by atoms with Crippen LogP contribution in [0.4, 0.5) is 4.79 Å². The Morgan fingerprint density at radius 2 is 1.65 bits per heavy atom. The summed E-state index contributed by atoms with van der Waals surface area (Å²) in [6, 6.07) is 19.2. The average molecular weight is 497 g/mol. The Hall–Kier alpha value is -3.83. The van der Waals surface area contributed by atoms with Gasteiger partial charge in [-0.05, 0) is 48.9 Å². The van der Waals surface area contributed by atoms with Crippen LogP contribution >= 0.6 is 11.8 Å². The summed E-state index contributed by atoms with van der Waals surface area (Å²) in [6.07, 6.45) is 0. The molecule has 3 amide bonds. The van der Waals surface area contributed by atoms with Crippen molar-refractivity contribution >= 4 is 44.8 Å². The van der Waals surface area contributed by atoms with Gasteiger partial charge in [0.05, 0.1) is 4.90 Å². The normalized spacial score (nSPS) is 11.2. The lowest BCUT2D eigenvalue weighted by atomic mass is 10.1. The lowest BCUT2D eigenvalue weighted by Gasteiger charge is -2.10. The van der Waals surface area contributed by atoms with Crippen LogP contribution in [-0.2, 0) is 15.8 Å². The van der Waals surface area contributed by atoms with E-state index in [9.17, 15) is 18.0 Å². The number of hydrazine groups is 1. The molecule has 0 unspecified atom stereocenters. The topological polar surface area (TPSA) is 130 Å². The first-order valence-electron chi connectivity index (χ1n) is 10.1. The van der Waals surface area contributed by atoms with Gasteiger partial charge in [-0.3, -0.25) is 10.2 Å². The molecule has 3 N–H and O–H groups in total. The van der Waals surface area contributed by atoms with Gasteiger partial charge in [0.1, 0.15) is 5.52 Å². The molecule has 0 saturated heterocycles. The van der Waals surface area contributed by atoms with E-state index < -0.39 is 22.0 Å². The summed E-state index contributed by atoms with van der Waals surface area (Å²) < 4.78 is 32.0. The van der Waals surface area contributed by atoms with Gasteiger partial charge in [0.15, 0.2) is 5.58 Å². The second kappa shape index (κ2) is 9.98. The minimum absolute atomic E-state index is 0.0640. The SMILES string of the molecule is Cc1ccc(S(=O)(=O)NC(=O)NNC(=O)c2ccc(CSc3nc4ccccc4o3)cc2)cc1. The lowest BCUT2D eigenvalue weighted by molar-refractivity contribution is 0.0937. The average Bonchev–Trinajstić information content (AvgIpc) is 3.25. The highest BCUT2D eigenvalue weighted by Crippen LogP contribution is 2.26. The van der Waals surface area contributed by atoms with Gasteiger partial charge in [-0.15, -0.1) is 0 Å². The lowest BCUT2D eigenvalue weighted by Crippen LogP contribution is -2.48. The number of nitrogens with one attached hydrogen (secondary N) is 3. The maximum Gasteiger partial charge on any atom is 0.347 e. The standard InChI is InChI=1S/C23H20N4O5S2/c1-15-6-12-18(13-7-15)34(30,31)27-22(29)26-25-21(28)17-10-8-16(9-11-17)14-33-23-24-19-4-2-3-5-20(19)32-23/h2-13H,14H2,1H3,(H,25,28)(H2,26,27,29). The molecular weight excluding hydrogens is 476 g/mol. The van der Waals surface area contributed by atoms with Crippen molar-refractivity contribution < 1.29 is 22.4 Å². The molecule has 0 aliphatic carbocycles. The van der Waals surface area contributed by atoms with E-state index in [4.69, 9.17) is 4.42 Å². The number of amides is 3. The first-order valence-corrected chi connectivity index (χ1v) is 12.5. The number of aryl methyl sites for hydroxylation is 1. The van der Waals surface area contributed by atoms with E-state index in [-0.39, 0.29) is 10.5 Å². The third kappa shape index (κ3) is 5.74. The van der Waals surface area contributed by atoms with Crippen molar-refractivity contribution in [2.75, 3.05) is 0 Å². The molecule has 0 saturated carbocycles. The molecule has 3 aromatic carbocycles. The molecule has 0 atom stereocenters. The van der Waals surface area contributed by atoms with Crippen LogP contribution in [0.5, 0.6) is 0 Å². The molecule has 4 aromatic rings. The maximum atomic E-state index is 12.3. The van der Waals surface area contributed by atoms with E-state index in [2.05, 4.69) is 10.4 Å². The number of hydrogen-bond donors (Lipinski definition) is 3. The van der Waals surface area contributed by atoms with Crippen molar-refractivity contribution in [3.05, 3.63) is 89.5 Å². The largest absolute Gasteiger partial charge is 0.431 e. The summed E-state index contributed by atoms with van der Waals surface area (Å²) in [5, 5.41) is 0.554. The zero-order valence-electron chi connectivity index (χ0n) is 17.9. The Bertz CT molecular complexity index is 1400. The summed E-state index contributed by atoms with van der Waals surface area (Å²) >= 11 is 1.43. The summed E-state index contributed by atoms with van der Waals surface area (Å²) in [6.45, 7) is 1.81. The predicted octanol–water partition coefficient (Wildman–Crippen LogP) is 3.76. The number of rotatable bonds is 6. The maximum absolute atomic E-state index is 12.3. The van der Waals surface area contributed by atoms with Crippen LogP contribution in [-0.4, -0.2) is 25.3 Å². The Morgan fingerprint density at radius 3 is 2.35 bits per heavy atom. The number of carbonyl (C=O) groups excluding carboxylic acids is 2. The van der Waals surface area contributed by atoms with Gasteiger partial charge in [0.25, 0.3) is 21.2 Å². The van der Waals surface area contributed by atoms with Crippen molar-refractivity contribution in [2.24, 2.45) is 0 Å². The number of carbonyl (C=O) groups is 2. The van der Waals surface area contributed by atoms with Gasteiger partial charge in [-0.2, -0.15) is 0 Å². The fraction of sp³-hybridized carbons (Fsp3) is 0.0870. The van der Waals surface area contributed by atoms with Gasteiger partial charge in [0, 0.05) is 11.3 Å². The zero-order valence-corrected chi connectivity index (χ0v) is 19.6. The van der Waals surface area contributed by atoms with Crippen LogP contribution < -0.4 is 15.6 Å². The molecule has 0 bridgehead atoms. The highest BCUT2D eigenvalue weighted by molar-refractivity contribution is 7.98. The molecule has 34 heavy (non-hydrogen) atoms. The van der Waals surface area contributed by atoms with Crippen LogP contribution in [0.1, 0.15) is 21.5 Å². The Kier molecular flexibility index (Phi) is 6.85. The molecule has 1 aromatic heterocycles. The minimum Gasteiger partial charge on any atom is -0.431 e. The van der Waals surface area contributed by atoms with E-state index in [1.54, 1.807) is 36.4 Å². The second-order valence-electron chi connectivity index (χ2n) is 7.26. The molecule has 174 valence electrons. The van der Waals surface area contributed by atoms with Crippen molar-refractivity contribution in [1.29, 1.82) is 0 Å². The molecule has 0 spiro atoms. The molecular formula is C23H20N4O5S2. The van der Waals surface area contributed by atoms with E-state index in [0.717, 1.165) is 22.2 Å². The number of thioether (sulfide) groups is 1. The Labute approximate surface area is 200 Å². The first-order chi connectivity index (χ1) is 16.3. The van der Waals surface area contributed by atoms with E-state index in [1.807, 2.05) is 41.3 Å². The number of para-hydroxylation sites is 2. The molecule has 1 heterocycles. The van der Waals surface area contributed by atoms with Gasteiger partial charge < -0.3 is 4.42 Å². The number of aromatic nitrogens is 1. The molecule has 4 rings (SSSR count). The predicted molar refractivity (Wildman–Crippen MR) is 128 cm³/mol. The van der Waals surface area contributed by atoms with Crippen LogP contribution in [0.2, 0.25) is 0 Å². The summed E-state index contributed by atoms with van der Waals surface area (Å²) in [7, 11) is -4.06. The highest BCUT2D eigenvalue weighted by atomic mass is 32.2. The number of hydrogen-bond acceptors (Lipinski definition) is 7. The second-order valence-corrected chi connectivity index (χ2v) is 9.87. The Morgan fingerprint density at radius 1 is 0.941 bits per heavy atom. The number of fused-ring (bicyclic) bond motifs is 1. The number of oxazole rings is 1. The van der Waals surface area contributed by atoms with Crippen molar-refractivity contribution in [3.63, 3.8) is 0 Å². The van der Waals surface area contributed by atoms with E-state index in [0.29, 0.717) is 11.0 Å². The Balaban J connectivity index is 1.27. The molecule has 9 nitrogen and oxygen atoms in total. The smallest absolute Gasteiger partial charge is 0.347 e. The van der Waals surface area contributed by atoms with Crippen LogP contribution in [0.3, 0.4) is 0 Å². The van der Waals surface area contributed by atoms with Crippen LogP contribution in [0.15, 0.2) is 87.3 Å². The summed E-state index contributed by atoms with van der Waals surface area (Å²) in [4.78, 5) is 28.6. The minimum atomic E-state index is -4.06. The third-order valence-corrected chi connectivity index (χ3v) is 6.95. The molecule has 0 aliphatic rings. The first kappa shape index (κ1) is 23.3. The molecule has 0 radical (unpaired) electrons. The van der Waals surface area contributed by atoms with Gasteiger partial charge in [-0.25, -0.2) is 28.3 Å². The monoisotopic (exact) mass is 496 g/mol. The molecule has 0 fully saturated rings. The highest BCUT2D eigenvalue weighted by Gasteiger charge is 2.18. The van der Waals surface area contributed by atoms with Crippen molar-refractivity contribution in [1.82, 2.24) is 20.6 Å². The van der Waals surface area contributed by atoms with E-state index in [1.165, 1.54) is 23.9 Å². The summed E-state index contributed by atoms with van der Waals surface area (Å²) in [5.74, 6) is -0.00673. The summed E-state index contributed by atoms with van der Waals surface area (Å²) in [5.41, 5.74) is 7.84. The van der Waals surface area contributed by atoms with Gasteiger partial charge in [0.2, 0.25) is 0 Å². The number of nitrogens with zero attached hydrogens (tertiary/aromatic N) is 1. The number of benzene rings is 3. The van der Waals surface area contributed by atoms with Gasteiger partial charge >= 0.3 is 6.03 Å². The fourth-order valence-electron chi connectivity index (χ4n) is 2.92. The zero-order chi connectivity index (χ0) is 24.1.